The molecule has 5 heteroatoms. The van der Waals surface area contributed by atoms with Gasteiger partial charge in [0, 0.05) is 11.1 Å². The highest BCUT2D eigenvalue weighted by Crippen LogP contribution is 2.18. The van der Waals surface area contributed by atoms with Crippen LogP contribution >= 0.6 is 0 Å². The van der Waals surface area contributed by atoms with E-state index in [1.54, 1.807) is 4.90 Å². The molecule has 1 aliphatic heterocycles. The molecule has 0 unspecified atom stereocenters. The second kappa shape index (κ2) is 8.84. The van der Waals surface area contributed by atoms with Crippen molar-refractivity contribution in [3.63, 3.8) is 0 Å². The maximum Gasteiger partial charge on any atom is 0.258 e. The molecule has 0 aliphatic carbocycles. The van der Waals surface area contributed by atoms with Crippen LogP contribution in [0.1, 0.15) is 23.0 Å². The van der Waals surface area contributed by atoms with Crippen molar-refractivity contribution in [2.45, 2.75) is 12.6 Å². The highest BCUT2D eigenvalue weighted by molar-refractivity contribution is 5.77. The van der Waals surface area contributed by atoms with E-state index in [2.05, 4.69) is 65.6 Å². The van der Waals surface area contributed by atoms with Gasteiger partial charge in [0.1, 0.15) is 38.8 Å². The Labute approximate surface area is 182 Å². The number of nitrogens with one attached hydrogen (secondary N) is 3. The average molecular weight is 413 g/mol. The summed E-state index contributed by atoms with van der Waals surface area (Å²) in [7, 11) is 0. The second-order valence-corrected chi connectivity index (χ2v) is 8.37. The molecule has 0 amide bonds. The molecular formula is C26H28N4O+2. The zero-order chi connectivity index (χ0) is 21.0. The van der Waals surface area contributed by atoms with Crippen molar-refractivity contribution in [2.24, 2.45) is 0 Å². The van der Waals surface area contributed by atoms with E-state index in [9.17, 15) is 4.79 Å². The van der Waals surface area contributed by atoms with Gasteiger partial charge in [-0.1, -0.05) is 72.8 Å². The fourth-order valence-corrected chi connectivity index (χ4v) is 4.80. The number of piperazine rings is 1. The maximum atomic E-state index is 12.4. The van der Waals surface area contributed by atoms with Gasteiger partial charge in [-0.3, -0.25) is 4.79 Å². The molecule has 0 saturated carbocycles. The molecule has 4 aromatic rings. The monoisotopic (exact) mass is 412 g/mol. The lowest BCUT2D eigenvalue weighted by Gasteiger charge is -2.35. The summed E-state index contributed by atoms with van der Waals surface area (Å²) in [6.07, 6.45) is 0. The molecule has 1 saturated heterocycles. The van der Waals surface area contributed by atoms with Gasteiger partial charge < -0.3 is 14.8 Å². The normalized spacial score (nSPS) is 19.0. The van der Waals surface area contributed by atoms with Crippen LogP contribution in [0.15, 0.2) is 89.7 Å². The summed E-state index contributed by atoms with van der Waals surface area (Å²) in [5, 5.41) is 0.657. The standard InChI is InChI=1S/C26H26N4O/c31-26-22-13-7-8-14-23(22)27-24(28-26)19-29-15-17-30(18-16-29)25(20-9-3-1-4-10-20)21-11-5-2-6-12-21/h1-14,25H,15-19H2,(H,27,28,31)/p+2. The molecule has 0 bridgehead atoms. The molecule has 3 aromatic carbocycles. The Balaban J connectivity index is 1.32. The van der Waals surface area contributed by atoms with E-state index in [-0.39, 0.29) is 5.56 Å². The lowest BCUT2D eigenvalue weighted by molar-refractivity contribution is -1.03. The molecule has 0 spiro atoms. The van der Waals surface area contributed by atoms with Gasteiger partial charge in [-0.05, 0) is 12.1 Å². The zero-order valence-electron chi connectivity index (χ0n) is 17.6. The molecule has 0 radical (unpaired) electrons. The lowest BCUT2D eigenvalue weighted by atomic mass is 9.96. The Morgan fingerprint density at radius 2 is 1.35 bits per heavy atom. The topological polar surface area (TPSA) is 54.6 Å². The summed E-state index contributed by atoms with van der Waals surface area (Å²) >= 11 is 0. The van der Waals surface area contributed by atoms with Gasteiger partial charge >= 0.3 is 0 Å². The molecule has 3 N–H and O–H groups in total. The van der Waals surface area contributed by atoms with Crippen LogP contribution in [0.2, 0.25) is 0 Å². The molecule has 1 aromatic heterocycles. The first kappa shape index (κ1) is 19.7. The van der Waals surface area contributed by atoms with Crippen LogP contribution < -0.4 is 15.4 Å². The third-order valence-electron chi connectivity index (χ3n) is 6.35. The van der Waals surface area contributed by atoms with Crippen molar-refractivity contribution in [1.29, 1.82) is 0 Å². The van der Waals surface area contributed by atoms with Gasteiger partial charge in [-0.25, -0.2) is 4.98 Å². The molecular weight excluding hydrogens is 384 g/mol. The first-order valence-electron chi connectivity index (χ1n) is 11.0. The van der Waals surface area contributed by atoms with Crippen LogP contribution in [0.5, 0.6) is 0 Å². The fourth-order valence-electron chi connectivity index (χ4n) is 4.80. The van der Waals surface area contributed by atoms with Crippen molar-refractivity contribution in [3.05, 3.63) is 112 Å². The van der Waals surface area contributed by atoms with Gasteiger partial charge in [-0.2, -0.15) is 0 Å². The summed E-state index contributed by atoms with van der Waals surface area (Å²) in [6, 6.07) is 29.6. The fraction of sp³-hybridized carbons (Fsp3) is 0.231. The molecule has 5 rings (SSSR count). The van der Waals surface area contributed by atoms with Gasteiger partial charge in [-0.15, -0.1) is 0 Å². The quantitative estimate of drug-likeness (QED) is 0.458. The first-order chi connectivity index (χ1) is 15.3. The van der Waals surface area contributed by atoms with E-state index in [0.29, 0.717) is 11.4 Å². The van der Waals surface area contributed by atoms with E-state index < -0.39 is 0 Å². The highest BCUT2D eigenvalue weighted by atomic mass is 16.1. The summed E-state index contributed by atoms with van der Waals surface area (Å²) in [4.78, 5) is 23.1. The minimum atomic E-state index is -0.0440. The average Bonchev–Trinajstić information content (AvgIpc) is 2.82. The Bertz CT molecular complexity index is 1160. The van der Waals surface area contributed by atoms with Gasteiger partial charge in [0.25, 0.3) is 5.56 Å². The minimum absolute atomic E-state index is 0.0440. The third-order valence-corrected chi connectivity index (χ3v) is 6.35. The number of nitrogens with zero attached hydrogens (tertiary/aromatic N) is 1. The second-order valence-electron chi connectivity index (χ2n) is 8.37. The smallest absolute Gasteiger partial charge is 0.258 e. The van der Waals surface area contributed by atoms with E-state index in [4.69, 9.17) is 4.98 Å². The van der Waals surface area contributed by atoms with Crippen LogP contribution in [-0.2, 0) is 6.54 Å². The Morgan fingerprint density at radius 3 is 2.00 bits per heavy atom. The number of H-pyrrole nitrogens is 1. The van der Waals surface area contributed by atoms with Crippen LogP contribution in [0.4, 0.5) is 0 Å². The number of benzene rings is 3. The number of quaternary nitrogens is 2. The Kier molecular flexibility index (Phi) is 5.61. The third kappa shape index (κ3) is 4.29. The number of hydrogen-bond acceptors (Lipinski definition) is 2. The van der Waals surface area contributed by atoms with Crippen LogP contribution in [-0.4, -0.2) is 36.1 Å². The number of fused-ring (bicyclic) bond motifs is 1. The predicted molar refractivity (Wildman–Crippen MR) is 122 cm³/mol. The number of para-hydroxylation sites is 1. The van der Waals surface area contributed by atoms with E-state index in [0.717, 1.165) is 44.1 Å². The predicted octanol–water partition coefficient (Wildman–Crippen LogP) is 0.996. The minimum Gasteiger partial charge on any atom is -0.319 e. The highest BCUT2D eigenvalue weighted by Gasteiger charge is 2.32. The number of rotatable bonds is 5. The molecule has 1 fully saturated rings. The summed E-state index contributed by atoms with van der Waals surface area (Å²) < 4.78 is 0. The van der Waals surface area contributed by atoms with E-state index in [1.807, 2.05) is 24.3 Å². The maximum absolute atomic E-state index is 12.4. The van der Waals surface area contributed by atoms with Crippen molar-refractivity contribution in [3.8, 4) is 0 Å². The lowest BCUT2D eigenvalue weighted by Crippen LogP contribution is -3.27. The van der Waals surface area contributed by atoms with Crippen molar-refractivity contribution < 1.29 is 9.80 Å². The van der Waals surface area contributed by atoms with Crippen LogP contribution in [0, 0.1) is 0 Å². The van der Waals surface area contributed by atoms with Gasteiger partial charge in [0.15, 0.2) is 5.82 Å². The largest absolute Gasteiger partial charge is 0.319 e. The molecule has 31 heavy (non-hydrogen) atoms. The van der Waals surface area contributed by atoms with E-state index >= 15 is 0 Å². The first-order valence-corrected chi connectivity index (χ1v) is 11.0. The summed E-state index contributed by atoms with van der Waals surface area (Å²) in [5.41, 5.74) is 3.47. The summed E-state index contributed by atoms with van der Waals surface area (Å²) in [6.45, 7) is 5.04. The van der Waals surface area contributed by atoms with Crippen molar-refractivity contribution in [1.82, 2.24) is 9.97 Å². The Hall–Kier alpha value is -3.28. The molecule has 2 heterocycles. The molecule has 1 aliphatic rings. The summed E-state index contributed by atoms with van der Waals surface area (Å²) in [5.74, 6) is 0.782. The van der Waals surface area contributed by atoms with Crippen molar-refractivity contribution in [2.75, 3.05) is 26.2 Å². The van der Waals surface area contributed by atoms with E-state index in [1.165, 1.54) is 16.0 Å². The van der Waals surface area contributed by atoms with Crippen LogP contribution in [0.25, 0.3) is 10.9 Å². The number of aromatic nitrogens is 2. The van der Waals surface area contributed by atoms with Gasteiger partial charge in [0.2, 0.25) is 0 Å². The van der Waals surface area contributed by atoms with Gasteiger partial charge in [0.05, 0.1) is 10.9 Å². The number of hydrogen-bond donors (Lipinski definition) is 3. The Morgan fingerprint density at radius 1 is 0.774 bits per heavy atom. The SMILES string of the molecule is O=c1[nH]c(C[NH+]2CC[NH+](C(c3ccccc3)c3ccccc3)CC2)nc2ccccc12. The number of aromatic amines is 1. The van der Waals surface area contributed by atoms with Crippen LogP contribution in [0.3, 0.4) is 0 Å². The molecule has 0 atom stereocenters. The molecule has 5 nitrogen and oxygen atoms in total. The van der Waals surface area contributed by atoms with Crippen molar-refractivity contribution >= 4 is 10.9 Å². The molecule has 156 valence electrons. The zero-order valence-corrected chi connectivity index (χ0v) is 17.6.